The third-order valence-corrected chi connectivity index (χ3v) is 8.32. The predicted molar refractivity (Wildman–Crippen MR) is 132 cm³/mol. The molecule has 8 nitrogen and oxygen atoms in total. The summed E-state index contributed by atoms with van der Waals surface area (Å²) >= 11 is 0. The van der Waals surface area contributed by atoms with Crippen molar-refractivity contribution in [1.29, 1.82) is 0 Å². The Morgan fingerprint density at radius 3 is 2.42 bits per heavy atom. The largest absolute Gasteiger partial charge is 0.458 e. The van der Waals surface area contributed by atoms with E-state index in [1.807, 2.05) is 13.8 Å². The van der Waals surface area contributed by atoms with Gasteiger partial charge in [0.25, 0.3) is 0 Å². The van der Waals surface area contributed by atoms with E-state index in [0.29, 0.717) is 31.3 Å². The summed E-state index contributed by atoms with van der Waals surface area (Å²) in [4.78, 5) is 36.6. The predicted octanol–water partition coefficient (Wildman–Crippen LogP) is 4.37. The summed E-state index contributed by atoms with van der Waals surface area (Å²) in [7, 11) is 0. The van der Waals surface area contributed by atoms with Crippen molar-refractivity contribution < 1.29 is 38.4 Å². The minimum absolute atomic E-state index is 0.0779. The Balaban J connectivity index is 2.21. The van der Waals surface area contributed by atoms with Crippen LogP contribution in [0.25, 0.3) is 0 Å². The van der Waals surface area contributed by atoms with Gasteiger partial charge in [-0.15, -0.1) is 0 Å². The van der Waals surface area contributed by atoms with E-state index in [9.17, 15) is 19.5 Å². The number of aliphatic hydroxyl groups excluding tert-OH is 1. The molecule has 1 saturated carbocycles. The van der Waals surface area contributed by atoms with Gasteiger partial charge in [0.2, 0.25) is 12.6 Å². The number of carbonyl (C=O) groups excluding carboxylic acids is 3. The van der Waals surface area contributed by atoms with Gasteiger partial charge in [0.1, 0.15) is 6.10 Å². The third kappa shape index (κ3) is 5.02. The Kier molecular flexibility index (Phi) is 8.51. The molecule has 0 bridgehead atoms. The molecule has 1 N–H and O–H groups in total. The number of rotatable bonds is 8. The Morgan fingerprint density at radius 2 is 1.83 bits per heavy atom. The molecular formula is C28H40O8. The van der Waals surface area contributed by atoms with Crippen LogP contribution in [-0.2, 0) is 33.3 Å². The lowest BCUT2D eigenvalue weighted by molar-refractivity contribution is -0.254. The number of esters is 3. The van der Waals surface area contributed by atoms with Crippen molar-refractivity contribution in [3.05, 3.63) is 36.0 Å². The summed E-state index contributed by atoms with van der Waals surface area (Å²) in [5.41, 5.74) is -0.0373. The summed E-state index contributed by atoms with van der Waals surface area (Å²) < 4.78 is 23.0. The van der Waals surface area contributed by atoms with Gasteiger partial charge in [0.05, 0.1) is 11.5 Å². The topological polar surface area (TPSA) is 108 Å². The van der Waals surface area contributed by atoms with Crippen molar-refractivity contribution >= 4 is 17.9 Å². The maximum atomic E-state index is 12.5. The number of hydrogen-bond acceptors (Lipinski definition) is 8. The number of aliphatic hydroxyl groups is 1. The van der Waals surface area contributed by atoms with Crippen LogP contribution in [0.3, 0.4) is 0 Å². The average molecular weight is 505 g/mol. The fraction of sp³-hybridized carbons (Fsp3) is 0.679. The maximum Gasteiger partial charge on any atom is 0.306 e. The highest BCUT2D eigenvalue weighted by atomic mass is 16.8. The molecule has 8 heteroatoms. The molecule has 2 aliphatic carbocycles. The minimum atomic E-state index is -1.17. The molecule has 2 fully saturated rings. The maximum absolute atomic E-state index is 12.5. The van der Waals surface area contributed by atoms with Gasteiger partial charge >= 0.3 is 17.9 Å². The van der Waals surface area contributed by atoms with Crippen LogP contribution in [0.4, 0.5) is 0 Å². The van der Waals surface area contributed by atoms with Crippen molar-refractivity contribution in [2.45, 2.75) is 98.4 Å². The fourth-order valence-electron chi connectivity index (χ4n) is 6.30. The SMILES string of the molecule is C=CC(C)=CC[C@]1(C)[C@H](C)C[C@H](O)[C@@]23C(=C[C@H](OC(=O)CCC)C[C@@H]12)[C@@H](OC(C)=O)O[C@H]3OC(C)=O. The van der Waals surface area contributed by atoms with Crippen LogP contribution in [0.1, 0.15) is 73.6 Å². The first kappa shape index (κ1) is 28.1. The highest BCUT2D eigenvalue weighted by molar-refractivity contribution is 5.70. The second-order valence-corrected chi connectivity index (χ2v) is 10.7. The van der Waals surface area contributed by atoms with Crippen molar-refractivity contribution in [2.24, 2.45) is 22.7 Å². The Hall–Kier alpha value is -2.45. The van der Waals surface area contributed by atoms with Crippen molar-refractivity contribution in [3.63, 3.8) is 0 Å². The number of allylic oxidation sites excluding steroid dienone is 3. The molecule has 36 heavy (non-hydrogen) atoms. The molecule has 0 amide bonds. The molecule has 1 saturated heterocycles. The Morgan fingerprint density at radius 1 is 1.17 bits per heavy atom. The lowest BCUT2D eigenvalue weighted by atomic mass is 9.45. The van der Waals surface area contributed by atoms with Crippen LogP contribution < -0.4 is 0 Å². The molecule has 0 aromatic heterocycles. The molecule has 3 aliphatic rings. The minimum Gasteiger partial charge on any atom is -0.458 e. The van der Waals surface area contributed by atoms with E-state index in [0.717, 1.165) is 5.57 Å². The van der Waals surface area contributed by atoms with Gasteiger partial charge in [-0.3, -0.25) is 19.1 Å². The Bertz CT molecular complexity index is 951. The summed E-state index contributed by atoms with van der Waals surface area (Å²) in [6.07, 6.45) is 4.22. The monoisotopic (exact) mass is 504 g/mol. The van der Waals surface area contributed by atoms with Crippen LogP contribution in [0.5, 0.6) is 0 Å². The molecule has 8 atom stereocenters. The van der Waals surface area contributed by atoms with E-state index >= 15 is 0 Å². The highest BCUT2D eigenvalue weighted by Crippen LogP contribution is 2.67. The first-order valence-electron chi connectivity index (χ1n) is 12.8. The van der Waals surface area contributed by atoms with E-state index in [2.05, 4.69) is 26.5 Å². The standard InChI is InChI=1S/C28H40O8/c1-8-10-24(32)35-20-14-21-25(33-18(5)29)36-26(34-19(6)30)28(21)22(15-20)27(7,12-11-16(3)9-2)17(4)13-23(28)31/h9,11,14,17,20,22-23,25-26,31H,2,8,10,12-13,15H2,1,3-7H3/t17-,20+,22+,23+,25+,26-,27-,28-/m1/s1. The first-order chi connectivity index (χ1) is 16.9. The highest BCUT2D eigenvalue weighted by Gasteiger charge is 2.71. The van der Waals surface area contributed by atoms with Gasteiger partial charge in [-0.1, -0.05) is 45.1 Å². The molecule has 0 aromatic carbocycles. The second-order valence-electron chi connectivity index (χ2n) is 10.7. The summed E-state index contributed by atoms with van der Waals surface area (Å²) in [6.45, 7) is 14.5. The molecule has 0 unspecified atom stereocenters. The number of hydrogen-bond donors (Lipinski definition) is 1. The summed E-state index contributed by atoms with van der Waals surface area (Å²) in [5.74, 6) is -1.70. The lowest BCUT2D eigenvalue weighted by Crippen LogP contribution is -2.63. The van der Waals surface area contributed by atoms with E-state index in [-0.39, 0.29) is 24.2 Å². The molecule has 1 aliphatic heterocycles. The molecular weight excluding hydrogens is 464 g/mol. The smallest absolute Gasteiger partial charge is 0.306 e. The quantitative estimate of drug-likeness (QED) is 0.225. The van der Waals surface area contributed by atoms with Crippen LogP contribution in [0.2, 0.25) is 0 Å². The van der Waals surface area contributed by atoms with Gasteiger partial charge in [0.15, 0.2) is 0 Å². The fourth-order valence-corrected chi connectivity index (χ4v) is 6.30. The molecule has 1 heterocycles. The molecule has 0 radical (unpaired) electrons. The molecule has 200 valence electrons. The molecule has 0 aromatic rings. The zero-order valence-corrected chi connectivity index (χ0v) is 22.2. The van der Waals surface area contributed by atoms with Gasteiger partial charge in [0, 0.05) is 25.8 Å². The Labute approximate surface area is 213 Å². The van der Waals surface area contributed by atoms with Gasteiger partial charge in [-0.05, 0) is 55.9 Å². The summed E-state index contributed by atoms with van der Waals surface area (Å²) in [5, 5.41) is 11.7. The van der Waals surface area contributed by atoms with Gasteiger partial charge in [-0.2, -0.15) is 0 Å². The van der Waals surface area contributed by atoms with Crippen molar-refractivity contribution in [2.75, 3.05) is 0 Å². The van der Waals surface area contributed by atoms with E-state index in [1.54, 1.807) is 12.2 Å². The van der Waals surface area contributed by atoms with E-state index in [1.165, 1.54) is 13.8 Å². The van der Waals surface area contributed by atoms with Crippen LogP contribution in [0, 0.1) is 22.7 Å². The number of carbonyl (C=O) groups is 3. The van der Waals surface area contributed by atoms with Crippen molar-refractivity contribution in [3.8, 4) is 0 Å². The van der Waals surface area contributed by atoms with Gasteiger partial charge in [-0.25, -0.2) is 0 Å². The first-order valence-corrected chi connectivity index (χ1v) is 12.8. The lowest BCUT2D eigenvalue weighted by Gasteiger charge is -2.60. The number of ether oxygens (including phenoxy) is 4. The summed E-state index contributed by atoms with van der Waals surface area (Å²) in [6, 6.07) is 0. The van der Waals surface area contributed by atoms with Crippen LogP contribution in [0.15, 0.2) is 36.0 Å². The third-order valence-electron chi connectivity index (χ3n) is 8.32. The van der Waals surface area contributed by atoms with Gasteiger partial charge < -0.3 is 19.3 Å². The average Bonchev–Trinajstić information content (AvgIpc) is 3.08. The van der Waals surface area contributed by atoms with E-state index in [4.69, 9.17) is 18.9 Å². The van der Waals surface area contributed by atoms with Crippen LogP contribution >= 0.6 is 0 Å². The van der Waals surface area contributed by atoms with Crippen molar-refractivity contribution in [1.82, 2.24) is 0 Å². The zero-order chi connectivity index (χ0) is 26.8. The normalized spacial score (nSPS) is 37.8. The second kappa shape index (κ2) is 10.9. The zero-order valence-electron chi connectivity index (χ0n) is 22.2. The molecule has 1 spiro atoms. The van der Waals surface area contributed by atoms with E-state index < -0.39 is 47.6 Å². The van der Waals surface area contributed by atoms with Crippen LogP contribution in [-0.4, -0.2) is 47.8 Å². The molecule has 3 rings (SSSR count).